The molecule has 1 saturated heterocycles. The second-order valence-electron chi connectivity index (χ2n) is 8.10. The Hall–Kier alpha value is -3.39. The van der Waals surface area contributed by atoms with Crippen molar-refractivity contribution in [2.45, 2.75) is 12.5 Å². The van der Waals surface area contributed by atoms with Crippen molar-refractivity contribution in [3.8, 4) is 0 Å². The maximum Gasteiger partial charge on any atom is 0.255 e. The number of aromatic nitrogens is 2. The van der Waals surface area contributed by atoms with E-state index in [-0.39, 0.29) is 17.9 Å². The van der Waals surface area contributed by atoms with E-state index in [0.717, 1.165) is 16.5 Å². The van der Waals surface area contributed by atoms with Gasteiger partial charge in [-0.3, -0.25) is 9.59 Å². The molecule has 2 N–H and O–H groups in total. The van der Waals surface area contributed by atoms with Crippen LogP contribution in [0.3, 0.4) is 0 Å². The van der Waals surface area contributed by atoms with Gasteiger partial charge >= 0.3 is 0 Å². The number of amides is 2. The molecule has 1 aliphatic rings. The fraction of sp³-hybridized carbons (Fsp3) is 0.348. The third-order valence-electron chi connectivity index (χ3n) is 5.70. The lowest BCUT2D eigenvalue weighted by Crippen LogP contribution is -2.49. The Kier molecular flexibility index (Phi) is 5.65. The third kappa shape index (κ3) is 4.11. The Morgan fingerprint density at radius 3 is 2.71 bits per heavy atom. The number of hydrogen-bond donors (Lipinski definition) is 1. The molecule has 0 radical (unpaired) electrons. The SMILES string of the molecule is CN(C)C(=O)c1ccc2c(c1)c(C[C@H]1COCCN1C(=O)c1ccc(N)nc1)cn2C. The molecule has 0 aliphatic carbocycles. The molecule has 2 aromatic heterocycles. The van der Waals surface area contributed by atoms with Gasteiger partial charge in [0.05, 0.1) is 24.8 Å². The van der Waals surface area contributed by atoms with Gasteiger partial charge in [0.25, 0.3) is 11.8 Å². The summed E-state index contributed by atoms with van der Waals surface area (Å²) < 4.78 is 7.75. The maximum atomic E-state index is 13.1. The number of hydrogen-bond acceptors (Lipinski definition) is 5. The largest absolute Gasteiger partial charge is 0.384 e. The van der Waals surface area contributed by atoms with E-state index in [1.54, 1.807) is 31.1 Å². The van der Waals surface area contributed by atoms with Gasteiger partial charge in [-0.05, 0) is 42.3 Å². The highest BCUT2D eigenvalue weighted by Gasteiger charge is 2.29. The van der Waals surface area contributed by atoms with Crippen LogP contribution in [0.15, 0.2) is 42.7 Å². The molecule has 8 nitrogen and oxygen atoms in total. The van der Waals surface area contributed by atoms with Gasteiger partial charge in [0, 0.05) is 56.5 Å². The highest BCUT2D eigenvalue weighted by atomic mass is 16.5. The van der Waals surface area contributed by atoms with Gasteiger partial charge in [-0.15, -0.1) is 0 Å². The van der Waals surface area contributed by atoms with Gasteiger partial charge in [0.1, 0.15) is 5.82 Å². The smallest absolute Gasteiger partial charge is 0.255 e. The number of anilines is 1. The number of nitrogens with two attached hydrogens (primary N) is 1. The average molecular weight is 422 g/mol. The van der Waals surface area contributed by atoms with Crippen LogP contribution < -0.4 is 5.73 Å². The van der Waals surface area contributed by atoms with Crippen molar-refractivity contribution in [1.82, 2.24) is 19.4 Å². The van der Waals surface area contributed by atoms with E-state index in [4.69, 9.17) is 10.5 Å². The zero-order valence-electron chi connectivity index (χ0n) is 18.0. The maximum absolute atomic E-state index is 13.1. The Morgan fingerprint density at radius 1 is 1.23 bits per heavy atom. The predicted octanol–water partition coefficient (Wildman–Crippen LogP) is 1.94. The number of nitrogen functional groups attached to an aromatic ring is 1. The lowest BCUT2D eigenvalue weighted by atomic mass is 10.0. The van der Waals surface area contributed by atoms with E-state index < -0.39 is 0 Å². The van der Waals surface area contributed by atoms with Crippen molar-refractivity contribution in [2.75, 3.05) is 39.6 Å². The number of carbonyl (C=O) groups excluding carboxylic acids is 2. The second kappa shape index (κ2) is 8.39. The van der Waals surface area contributed by atoms with Crippen LogP contribution in [0, 0.1) is 0 Å². The van der Waals surface area contributed by atoms with E-state index >= 15 is 0 Å². The summed E-state index contributed by atoms with van der Waals surface area (Å²) in [5, 5.41) is 1.02. The van der Waals surface area contributed by atoms with Crippen LogP contribution in [-0.2, 0) is 18.2 Å². The molecule has 0 saturated carbocycles. The molecule has 0 bridgehead atoms. The first-order valence-corrected chi connectivity index (χ1v) is 10.2. The molecule has 3 aromatic rings. The van der Waals surface area contributed by atoms with Crippen molar-refractivity contribution in [3.05, 3.63) is 59.4 Å². The number of pyridine rings is 1. The molecule has 1 aromatic carbocycles. The lowest BCUT2D eigenvalue weighted by Gasteiger charge is -2.35. The summed E-state index contributed by atoms with van der Waals surface area (Å²) in [7, 11) is 5.47. The topological polar surface area (TPSA) is 93.7 Å². The molecule has 31 heavy (non-hydrogen) atoms. The lowest BCUT2D eigenvalue weighted by molar-refractivity contribution is -0.00158. The van der Waals surface area contributed by atoms with E-state index in [0.29, 0.717) is 43.1 Å². The first-order valence-electron chi connectivity index (χ1n) is 10.2. The Bertz CT molecular complexity index is 1120. The molecule has 4 rings (SSSR count). The number of carbonyl (C=O) groups is 2. The van der Waals surface area contributed by atoms with Crippen LogP contribution >= 0.6 is 0 Å². The molecule has 1 fully saturated rings. The van der Waals surface area contributed by atoms with Gasteiger partial charge in [-0.1, -0.05) is 0 Å². The highest BCUT2D eigenvalue weighted by Crippen LogP contribution is 2.26. The molecular formula is C23H27N5O3. The molecule has 1 aliphatic heterocycles. The minimum absolute atomic E-state index is 0.0367. The van der Waals surface area contributed by atoms with Crippen LogP contribution in [0.5, 0.6) is 0 Å². The fourth-order valence-corrected chi connectivity index (χ4v) is 4.07. The van der Waals surface area contributed by atoms with Crippen molar-refractivity contribution < 1.29 is 14.3 Å². The molecule has 0 unspecified atom stereocenters. The Morgan fingerprint density at radius 2 is 2.00 bits per heavy atom. The van der Waals surface area contributed by atoms with Crippen LogP contribution in [0.2, 0.25) is 0 Å². The Labute approximate surface area is 181 Å². The van der Waals surface area contributed by atoms with Crippen LogP contribution in [0.1, 0.15) is 26.3 Å². The van der Waals surface area contributed by atoms with Crippen LogP contribution in [0.4, 0.5) is 5.82 Å². The summed E-state index contributed by atoms with van der Waals surface area (Å²) in [4.78, 5) is 33.1. The minimum Gasteiger partial charge on any atom is -0.384 e. The van der Waals surface area contributed by atoms with E-state index in [2.05, 4.69) is 11.2 Å². The first-order chi connectivity index (χ1) is 14.8. The van der Waals surface area contributed by atoms with E-state index in [1.165, 1.54) is 6.20 Å². The van der Waals surface area contributed by atoms with Crippen LogP contribution in [0.25, 0.3) is 10.9 Å². The first kappa shape index (κ1) is 20.9. The number of rotatable bonds is 4. The summed E-state index contributed by atoms with van der Waals surface area (Å²) in [5.41, 5.74) is 8.94. The molecule has 0 spiro atoms. The number of nitrogens with zero attached hydrogens (tertiary/aromatic N) is 4. The predicted molar refractivity (Wildman–Crippen MR) is 119 cm³/mol. The summed E-state index contributed by atoms with van der Waals surface area (Å²) >= 11 is 0. The molecule has 8 heteroatoms. The summed E-state index contributed by atoms with van der Waals surface area (Å²) in [6, 6.07) is 8.98. The van der Waals surface area contributed by atoms with E-state index in [1.807, 2.05) is 34.7 Å². The Balaban J connectivity index is 1.64. The molecule has 162 valence electrons. The zero-order valence-corrected chi connectivity index (χ0v) is 18.0. The highest BCUT2D eigenvalue weighted by molar-refractivity contribution is 5.99. The van der Waals surface area contributed by atoms with Gasteiger partial charge in [-0.2, -0.15) is 0 Å². The van der Waals surface area contributed by atoms with E-state index in [9.17, 15) is 9.59 Å². The second-order valence-corrected chi connectivity index (χ2v) is 8.10. The number of fused-ring (bicyclic) bond motifs is 1. The zero-order chi connectivity index (χ0) is 22.1. The molecule has 1 atom stereocenters. The normalized spacial score (nSPS) is 16.5. The standard InChI is InChI=1S/C23H27N5O3/c1-26(2)22(29)15-4-6-20-19(11-15)17(13-27(20)3)10-18-14-31-9-8-28(18)23(30)16-5-7-21(24)25-12-16/h4-7,11-13,18H,8-10,14H2,1-3H3,(H2,24,25)/t18-/m0/s1. The molecule has 2 amide bonds. The monoisotopic (exact) mass is 421 g/mol. The van der Waals surface area contributed by atoms with Crippen molar-refractivity contribution in [1.29, 1.82) is 0 Å². The molecule has 3 heterocycles. The number of morpholine rings is 1. The number of benzene rings is 1. The fourth-order valence-electron chi connectivity index (χ4n) is 4.07. The summed E-state index contributed by atoms with van der Waals surface area (Å²) in [5.74, 6) is 0.267. The van der Waals surface area contributed by atoms with Gasteiger partial charge < -0.3 is 24.8 Å². The van der Waals surface area contributed by atoms with Crippen molar-refractivity contribution in [3.63, 3.8) is 0 Å². The van der Waals surface area contributed by atoms with Crippen LogP contribution in [-0.4, -0.2) is 71.1 Å². The number of ether oxygens (including phenoxy) is 1. The summed E-state index contributed by atoms with van der Waals surface area (Å²) in [6.07, 6.45) is 4.21. The van der Waals surface area contributed by atoms with Gasteiger partial charge in [0.2, 0.25) is 0 Å². The average Bonchev–Trinajstić information content (AvgIpc) is 3.08. The summed E-state index contributed by atoms with van der Waals surface area (Å²) in [6.45, 7) is 1.48. The number of aryl methyl sites for hydroxylation is 1. The van der Waals surface area contributed by atoms with Gasteiger partial charge in [0.15, 0.2) is 0 Å². The molecular weight excluding hydrogens is 394 g/mol. The van der Waals surface area contributed by atoms with Crippen molar-refractivity contribution in [2.24, 2.45) is 7.05 Å². The van der Waals surface area contributed by atoms with Gasteiger partial charge in [-0.25, -0.2) is 4.98 Å². The quantitative estimate of drug-likeness (QED) is 0.695. The minimum atomic E-state index is -0.113. The van der Waals surface area contributed by atoms with Crippen molar-refractivity contribution >= 4 is 28.5 Å². The third-order valence-corrected chi connectivity index (χ3v) is 5.70.